The number of aromatic hydroxyl groups is 1. The second-order valence-electron chi connectivity index (χ2n) is 4.61. The molecule has 1 atom stereocenters. The van der Waals surface area contributed by atoms with Crippen molar-refractivity contribution in [3.8, 4) is 5.75 Å². The number of hydrogen-bond donors (Lipinski definition) is 3. The van der Waals surface area contributed by atoms with Gasteiger partial charge >= 0.3 is 0 Å². The molecule has 1 aromatic rings. The molecule has 18 heavy (non-hydrogen) atoms. The Bertz CT molecular complexity index is 432. The van der Waals surface area contributed by atoms with E-state index in [4.69, 9.17) is 0 Å². The smallest absolute Gasteiger partial charge is 0.251 e. The molecule has 0 aliphatic rings. The van der Waals surface area contributed by atoms with E-state index in [2.05, 4.69) is 5.32 Å². The Morgan fingerprint density at radius 3 is 2.72 bits per heavy atom. The Morgan fingerprint density at radius 2 is 2.17 bits per heavy atom. The number of aliphatic hydroxyl groups is 1. The van der Waals surface area contributed by atoms with Crippen molar-refractivity contribution in [2.45, 2.75) is 19.4 Å². The van der Waals surface area contributed by atoms with Gasteiger partial charge in [0.2, 0.25) is 0 Å². The third-order valence-electron chi connectivity index (χ3n) is 2.54. The van der Waals surface area contributed by atoms with Gasteiger partial charge in [0.05, 0.1) is 5.60 Å². The lowest BCUT2D eigenvalue weighted by Crippen LogP contribution is -2.42. The summed E-state index contributed by atoms with van der Waals surface area (Å²) in [6.07, 6.45) is 1.90. The largest absolute Gasteiger partial charge is 0.508 e. The molecule has 1 unspecified atom stereocenters. The van der Waals surface area contributed by atoms with Gasteiger partial charge in [0.25, 0.3) is 5.91 Å². The maximum absolute atomic E-state index is 11.9. The number of benzene rings is 1. The molecule has 0 aliphatic heterocycles. The Kier molecular flexibility index (Phi) is 5.04. The number of nitrogens with one attached hydrogen (secondary N) is 1. The van der Waals surface area contributed by atoms with Gasteiger partial charge in [0.1, 0.15) is 5.75 Å². The number of phenols is 1. The molecular weight excluding hydrogens is 250 g/mol. The van der Waals surface area contributed by atoms with Crippen LogP contribution in [0.3, 0.4) is 0 Å². The summed E-state index contributed by atoms with van der Waals surface area (Å²) < 4.78 is 0. The van der Waals surface area contributed by atoms with Crippen LogP contribution < -0.4 is 5.32 Å². The molecule has 0 heterocycles. The molecule has 3 N–H and O–H groups in total. The van der Waals surface area contributed by atoms with Crippen molar-refractivity contribution >= 4 is 17.7 Å². The summed E-state index contributed by atoms with van der Waals surface area (Å²) in [5.74, 6) is 0.453. The van der Waals surface area contributed by atoms with Crippen LogP contribution in [-0.4, -0.2) is 40.3 Å². The summed E-state index contributed by atoms with van der Waals surface area (Å²) in [6, 6.07) is 4.58. The standard InChI is InChI=1S/C13H19NO3S/c1-9-6-10(15)4-5-11(9)12(16)14-7-13(2,17)8-18-3/h4-6,15,17H,7-8H2,1-3H3,(H,14,16). The Hall–Kier alpha value is -1.20. The molecule has 0 spiro atoms. The van der Waals surface area contributed by atoms with Crippen molar-refractivity contribution in [2.75, 3.05) is 18.6 Å². The van der Waals surface area contributed by atoms with E-state index in [0.29, 0.717) is 16.9 Å². The van der Waals surface area contributed by atoms with E-state index in [1.165, 1.54) is 23.9 Å². The molecule has 1 rings (SSSR count). The predicted molar refractivity (Wildman–Crippen MR) is 74.2 cm³/mol. The zero-order chi connectivity index (χ0) is 13.8. The normalized spacial score (nSPS) is 14.0. The lowest BCUT2D eigenvalue weighted by molar-refractivity contribution is 0.0724. The van der Waals surface area contributed by atoms with Crippen LogP contribution in [0.2, 0.25) is 0 Å². The first kappa shape index (κ1) is 14.9. The van der Waals surface area contributed by atoms with E-state index in [1.807, 2.05) is 6.26 Å². The number of hydrogen-bond acceptors (Lipinski definition) is 4. The van der Waals surface area contributed by atoms with E-state index in [9.17, 15) is 15.0 Å². The fraction of sp³-hybridized carbons (Fsp3) is 0.462. The molecule has 0 bridgehead atoms. The average molecular weight is 269 g/mol. The van der Waals surface area contributed by atoms with Crippen molar-refractivity contribution in [3.63, 3.8) is 0 Å². The lowest BCUT2D eigenvalue weighted by Gasteiger charge is -2.22. The van der Waals surface area contributed by atoms with Crippen molar-refractivity contribution in [2.24, 2.45) is 0 Å². The third-order valence-corrected chi connectivity index (χ3v) is 3.45. The molecule has 0 aromatic heterocycles. The van der Waals surface area contributed by atoms with Crippen LogP contribution in [0.15, 0.2) is 18.2 Å². The van der Waals surface area contributed by atoms with Crippen LogP contribution in [0.1, 0.15) is 22.8 Å². The maximum Gasteiger partial charge on any atom is 0.251 e. The molecule has 0 radical (unpaired) electrons. The van der Waals surface area contributed by atoms with Gasteiger partial charge in [-0.3, -0.25) is 4.79 Å². The Balaban J connectivity index is 2.66. The highest BCUT2D eigenvalue weighted by atomic mass is 32.2. The van der Waals surface area contributed by atoms with Gasteiger partial charge in [-0.25, -0.2) is 0 Å². The van der Waals surface area contributed by atoms with Gasteiger partial charge in [-0.1, -0.05) is 0 Å². The van der Waals surface area contributed by atoms with Crippen LogP contribution >= 0.6 is 11.8 Å². The topological polar surface area (TPSA) is 69.6 Å². The minimum atomic E-state index is -0.917. The highest BCUT2D eigenvalue weighted by Crippen LogP contribution is 2.16. The van der Waals surface area contributed by atoms with Gasteiger partial charge in [-0.2, -0.15) is 11.8 Å². The number of aryl methyl sites for hydroxylation is 1. The molecule has 0 fully saturated rings. The summed E-state index contributed by atoms with van der Waals surface area (Å²) in [4.78, 5) is 11.9. The minimum absolute atomic E-state index is 0.137. The summed E-state index contributed by atoms with van der Waals surface area (Å²) in [6.45, 7) is 3.65. The van der Waals surface area contributed by atoms with Crippen LogP contribution in [0.25, 0.3) is 0 Å². The molecule has 4 nitrogen and oxygen atoms in total. The lowest BCUT2D eigenvalue weighted by atomic mass is 10.1. The first-order valence-corrected chi connectivity index (χ1v) is 7.04. The first-order valence-electron chi connectivity index (χ1n) is 5.65. The molecule has 1 amide bonds. The fourth-order valence-electron chi connectivity index (χ4n) is 1.63. The summed E-state index contributed by atoms with van der Waals surface area (Å²) >= 11 is 1.53. The molecule has 0 saturated carbocycles. The molecule has 5 heteroatoms. The summed E-state index contributed by atoms with van der Waals surface area (Å²) in [7, 11) is 0. The number of phenolic OH excluding ortho intramolecular Hbond substituents is 1. The average Bonchev–Trinajstić information content (AvgIpc) is 2.26. The van der Waals surface area contributed by atoms with Crippen LogP contribution in [0.4, 0.5) is 0 Å². The molecule has 1 aromatic carbocycles. The number of carbonyl (C=O) groups is 1. The van der Waals surface area contributed by atoms with E-state index < -0.39 is 5.60 Å². The Morgan fingerprint density at radius 1 is 1.50 bits per heavy atom. The molecule has 0 saturated heterocycles. The molecule has 0 aliphatic carbocycles. The second-order valence-corrected chi connectivity index (χ2v) is 5.48. The van der Waals surface area contributed by atoms with Crippen LogP contribution in [0.5, 0.6) is 5.75 Å². The predicted octanol–water partition coefficient (Wildman–Crippen LogP) is 1.54. The van der Waals surface area contributed by atoms with E-state index in [-0.39, 0.29) is 18.2 Å². The Labute approximate surface area is 111 Å². The zero-order valence-corrected chi connectivity index (χ0v) is 11.7. The molecule has 100 valence electrons. The SMILES string of the molecule is CSCC(C)(O)CNC(=O)c1ccc(O)cc1C. The van der Waals surface area contributed by atoms with E-state index in [1.54, 1.807) is 19.9 Å². The summed E-state index contributed by atoms with van der Waals surface area (Å²) in [5.41, 5.74) is 0.296. The number of rotatable bonds is 5. The highest BCUT2D eigenvalue weighted by molar-refractivity contribution is 7.98. The van der Waals surface area contributed by atoms with E-state index in [0.717, 1.165) is 0 Å². The minimum Gasteiger partial charge on any atom is -0.508 e. The van der Waals surface area contributed by atoms with Gasteiger partial charge < -0.3 is 15.5 Å². The summed E-state index contributed by atoms with van der Waals surface area (Å²) in [5, 5.41) is 21.9. The van der Waals surface area contributed by atoms with Gasteiger partial charge in [-0.05, 0) is 43.9 Å². The fourth-order valence-corrected chi connectivity index (χ4v) is 2.35. The maximum atomic E-state index is 11.9. The van der Waals surface area contributed by atoms with Crippen molar-refractivity contribution in [1.82, 2.24) is 5.32 Å². The van der Waals surface area contributed by atoms with Gasteiger partial charge in [0, 0.05) is 17.9 Å². The monoisotopic (exact) mass is 269 g/mol. The number of amides is 1. The van der Waals surface area contributed by atoms with Crippen LogP contribution in [-0.2, 0) is 0 Å². The quantitative estimate of drug-likeness (QED) is 0.758. The zero-order valence-electron chi connectivity index (χ0n) is 10.9. The third kappa shape index (κ3) is 4.23. The van der Waals surface area contributed by atoms with Gasteiger partial charge in [0.15, 0.2) is 0 Å². The first-order chi connectivity index (χ1) is 8.35. The number of thioether (sulfide) groups is 1. The van der Waals surface area contributed by atoms with Crippen molar-refractivity contribution in [1.29, 1.82) is 0 Å². The highest BCUT2D eigenvalue weighted by Gasteiger charge is 2.21. The van der Waals surface area contributed by atoms with Gasteiger partial charge in [-0.15, -0.1) is 0 Å². The van der Waals surface area contributed by atoms with E-state index >= 15 is 0 Å². The number of carbonyl (C=O) groups excluding carboxylic acids is 1. The second kappa shape index (κ2) is 6.11. The molecular formula is C13H19NO3S. The van der Waals surface area contributed by atoms with Crippen molar-refractivity contribution < 1.29 is 15.0 Å². The van der Waals surface area contributed by atoms with Crippen LogP contribution in [0, 0.1) is 6.92 Å². The van der Waals surface area contributed by atoms with Crippen molar-refractivity contribution in [3.05, 3.63) is 29.3 Å².